The van der Waals surface area contributed by atoms with Crippen molar-refractivity contribution >= 4 is 38.3 Å². The maximum atomic E-state index is 17.1. The average Bonchev–Trinajstić information content (AvgIpc) is 3.55. The Bertz CT molecular complexity index is 1940. The molecule has 48 heavy (non-hydrogen) atoms. The number of benzene rings is 4. The first-order valence-electron chi connectivity index (χ1n) is 15.6. The molecule has 1 saturated carbocycles. The topological polar surface area (TPSA) is 116 Å². The van der Waals surface area contributed by atoms with Crippen molar-refractivity contribution in [2.24, 2.45) is 10.9 Å². The molecule has 6 rings (SSSR count). The number of carbonyl (C=O) groups is 1. The Morgan fingerprint density at radius 2 is 1.56 bits per heavy atom. The van der Waals surface area contributed by atoms with Crippen molar-refractivity contribution in [1.29, 1.82) is 0 Å². The first-order chi connectivity index (χ1) is 22.6. The van der Waals surface area contributed by atoms with Gasteiger partial charge >= 0.3 is 0 Å². The summed E-state index contributed by atoms with van der Waals surface area (Å²) in [5, 5.41) is 6.37. The molecule has 2 atom stereocenters. The minimum absolute atomic E-state index is 0.00317. The van der Waals surface area contributed by atoms with E-state index in [4.69, 9.17) is 27.2 Å². The van der Waals surface area contributed by atoms with Crippen LogP contribution >= 0.6 is 11.6 Å². The molecular formula is C35H34ClF4N3O4S. The van der Waals surface area contributed by atoms with Crippen LogP contribution in [0.1, 0.15) is 49.1 Å². The first-order valence-corrected chi connectivity index (χ1v) is 17.5. The summed E-state index contributed by atoms with van der Waals surface area (Å²) in [5.41, 5.74) is 5.64. The maximum absolute atomic E-state index is 17.1. The van der Waals surface area contributed by atoms with Crippen LogP contribution in [-0.4, -0.2) is 50.4 Å². The summed E-state index contributed by atoms with van der Waals surface area (Å²) in [6, 6.07) is 17.2. The molecule has 1 aliphatic heterocycles. The van der Waals surface area contributed by atoms with E-state index in [0.717, 1.165) is 43.9 Å². The van der Waals surface area contributed by atoms with Gasteiger partial charge in [-0.05, 0) is 89.9 Å². The number of alkyl halides is 4. The third kappa shape index (κ3) is 6.76. The number of rotatable bonds is 8. The second kappa shape index (κ2) is 13.0. The van der Waals surface area contributed by atoms with Crippen molar-refractivity contribution in [3.63, 3.8) is 0 Å². The highest BCUT2D eigenvalue weighted by molar-refractivity contribution is 7.89. The monoisotopic (exact) mass is 703 g/mol. The lowest BCUT2D eigenvalue weighted by atomic mass is 9.83. The molecule has 1 saturated heterocycles. The van der Waals surface area contributed by atoms with Crippen LogP contribution in [0.5, 0.6) is 5.75 Å². The smallest absolute Gasteiger partial charge is 0.288 e. The molecule has 7 nitrogen and oxygen atoms in total. The summed E-state index contributed by atoms with van der Waals surface area (Å²) in [4.78, 5) is 14.2. The van der Waals surface area contributed by atoms with Gasteiger partial charge < -0.3 is 15.4 Å². The lowest BCUT2D eigenvalue weighted by Gasteiger charge is -2.40. The first kappa shape index (κ1) is 34.2. The van der Waals surface area contributed by atoms with Crippen LogP contribution < -0.4 is 15.6 Å². The van der Waals surface area contributed by atoms with Gasteiger partial charge in [0.25, 0.3) is 11.8 Å². The van der Waals surface area contributed by atoms with Gasteiger partial charge in [-0.15, -0.1) is 0 Å². The van der Waals surface area contributed by atoms with E-state index in [-0.39, 0.29) is 24.5 Å². The number of nitrogens with two attached hydrogens (primary N) is 2. The van der Waals surface area contributed by atoms with E-state index in [0.29, 0.717) is 32.2 Å². The highest BCUT2D eigenvalue weighted by Gasteiger charge is 2.53. The second-order valence-electron chi connectivity index (χ2n) is 12.5. The van der Waals surface area contributed by atoms with Gasteiger partial charge in [0.2, 0.25) is 15.9 Å². The van der Waals surface area contributed by atoms with E-state index in [1.54, 1.807) is 30.3 Å². The molecule has 4 N–H and O–H groups in total. The van der Waals surface area contributed by atoms with E-state index < -0.39 is 62.3 Å². The summed E-state index contributed by atoms with van der Waals surface area (Å²) in [7, 11) is -4.70. The van der Waals surface area contributed by atoms with Crippen LogP contribution in [0.15, 0.2) is 83.8 Å². The van der Waals surface area contributed by atoms with Gasteiger partial charge in [-0.1, -0.05) is 60.1 Å². The summed E-state index contributed by atoms with van der Waals surface area (Å²) < 4.78 is 95.8. The number of piperidine rings is 1. The number of carbonyl (C=O) groups excluding carboxylic acids is 1. The third-order valence-corrected chi connectivity index (χ3v) is 10.4. The highest BCUT2D eigenvalue weighted by atomic mass is 35.5. The zero-order valence-corrected chi connectivity index (χ0v) is 27.3. The molecule has 13 heteroatoms. The molecule has 0 unspecified atom stereocenters. The number of nitrogens with zero attached hydrogens (tertiary/aromatic N) is 1. The number of likely N-dealkylation sites (tertiary alicyclic amines) is 1. The predicted molar refractivity (Wildman–Crippen MR) is 176 cm³/mol. The maximum Gasteiger partial charge on any atom is 0.288 e. The van der Waals surface area contributed by atoms with Crippen LogP contribution in [0, 0.1) is 0 Å². The number of primary sulfonamides is 1. The van der Waals surface area contributed by atoms with Crippen LogP contribution in [-0.2, 0) is 20.7 Å². The molecule has 4 aromatic rings. The van der Waals surface area contributed by atoms with Gasteiger partial charge in [0.05, 0.1) is 23.6 Å². The minimum atomic E-state index is -4.70. The fourth-order valence-electron chi connectivity index (χ4n) is 6.61. The van der Waals surface area contributed by atoms with Crippen LogP contribution in [0.3, 0.4) is 0 Å². The number of hydrogen-bond acceptors (Lipinski definition) is 5. The SMILES string of the molecule is N[C@@H]1CCN(C(=O)[C@@H](c2c(S(N)(=O)=O)ccc3cc(OC4CCCC4)ccc23)C(F)(F)c2ccc(-c3ccc(Cl)cc3)cc2)CC1(F)F. The molecule has 0 aromatic heterocycles. The molecule has 254 valence electrons. The van der Waals surface area contributed by atoms with Crippen molar-refractivity contribution < 1.29 is 35.5 Å². The van der Waals surface area contributed by atoms with Crippen molar-refractivity contribution in [1.82, 2.24) is 4.90 Å². The minimum Gasteiger partial charge on any atom is -0.490 e. The Hall–Kier alpha value is -3.71. The zero-order valence-electron chi connectivity index (χ0n) is 25.7. The van der Waals surface area contributed by atoms with Crippen molar-refractivity contribution in [3.8, 4) is 16.9 Å². The Morgan fingerprint density at radius 1 is 0.938 bits per heavy atom. The molecule has 0 spiro atoms. The lowest BCUT2D eigenvalue weighted by molar-refractivity contribution is -0.155. The molecule has 1 heterocycles. The van der Waals surface area contributed by atoms with Gasteiger partial charge in [-0.2, -0.15) is 0 Å². The molecule has 2 fully saturated rings. The highest BCUT2D eigenvalue weighted by Crippen LogP contribution is 2.48. The van der Waals surface area contributed by atoms with Crippen LogP contribution in [0.25, 0.3) is 21.9 Å². The van der Waals surface area contributed by atoms with Crippen LogP contribution in [0.2, 0.25) is 5.02 Å². The Balaban J connectivity index is 1.51. The number of fused-ring (bicyclic) bond motifs is 1. The van der Waals surface area contributed by atoms with Crippen molar-refractivity contribution in [3.05, 3.63) is 95.0 Å². The van der Waals surface area contributed by atoms with Gasteiger partial charge in [0.15, 0.2) is 0 Å². The van der Waals surface area contributed by atoms with E-state index in [1.807, 2.05) is 0 Å². The van der Waals surface area contributed by atoms with Crippen molar-refractivity contribution in [2.75, 3.05) is 13.1 Å². The summed E-state index contributed by atoms with van der Waals surface area (Å²) in [6.45, 7) is -1.53. The number of ether oxygens (including phenoxy) is 1. The van der Waals surface area contributed by atoms with Gasteiger partial charge in [-0.3, -0.25) is 4.79 Å². The second-order valence-corrected chi connectivity index (χ2v) is 14.5. The average molecular weight is 704 g/mol. The summed E-state index contributed by atoms with van der Waals surface area (Å²) >= 11 is 5.98. The Kier molecular flexibility index (Phi) is 9.22. The standard InChI is InChI=1S/C35H34ClF4N3O4S/c36-25-12-7-22(8-13-25)21-5-10-24(11-6-21)35(39,40)32(33(44)43-18-17-30(41)34(37,38)20-43)31-28-15-14-27(47-26-3-1-2-4-26)19-23(28)9-16-29(31)48(42,45)46/h5-16,19,26,30,32H,1-4,17-18,20,41H2,(H2,42,45,46)/t30-,32-/m1/s1. The number of amides is 1. The Morgan fingerprint density at radius 3 is 2.17 bits per heavy atom. The predicted octanol–water partition coefficient (Wildman–Crippen LogP) is 7.20. The largest absolute Gasteiger partial charge is 0.490 e. The third-order valence-electron chi connectivity index (χ3n) is 9.22. The normalized spacial score (nSPS) is 19.4. The molecule has 2 aliphatic rings. The quantitative estimate of drug-likeness (QED) is 0.188. The number of hydrogen-bond donors (Lipinski definition) is 2. The van der Waals surface area contributed by atoms with E-state index in [2.05, 4.69) is 0 Å². The molecular weight excluding hydrogens is 670 g/mol. The van der Waals surface area contributed by atoms with Gasteiger partial charge in [0.1, 0.15) is 11.7 Å². The molecule has 4 aromatic carbocycles. The summed E-state index contributed by atoms with van der Waals surface area (Å²) in [5.74, 6) is -11.1. The van der Waals surface area contributed by atoms with E-state index in [9.17, 15) is 22.0 Å². The van der Waals surface area contributed by atoms with E-state index >= 15 is 8.78 Å². The molecule has 1 aliphatic carbocycles. The fraction of sp³-hybridized carbons (Fsp3) is 0.343. The Labute approximate surface area is 280 Å². The lowest BCUT2D eigenvalue weighted by Crippen LogP contribution is -2.58. The fourth-order valence-corrected chi connectivity index (χ4v) is 7.53. The summed E-state index contributed by atoms with van der Waals surface area (Å²) in [6.07, 6.45) is 3.38. The number of halogens is 5. The van der Waals surface area contributed by atoms with Gasteiger partial charge in [-0.25, -0.2) is 31.1 Å². The van der Waals surface area contributed by atoms with Crippen molar-refractivity contribution in [2.45, 2.75) is 66.9 Å². The molecule has 0 bridgehead atoms. The van der Waals surface area contributed by atoms with Gasteiger partial charge in [0, 0.05) is 17.1 Å². The van der Waals surface area contributed by atoms with E-state index in [1.165, 1.54) is 30.3 Å². The molecule has 1 amide bonds. The molecule has 0 radical (unpaired) electrons. The number of sulfonamides is 1. The zero-order chi connectivity index (χ0) is 34.4. The van der Waals surface area contributed by atoms with Crippen LogP contribution in [0.4, 0.5) is 17.6 Å².